The topological polar surface area (TPSA) is 84.3 Å². The number of hydrogen-bond donors (Lipinski definition) is 2. The van der Waals surface area contributed by atoms with Gasteiger partial charge in [-0.25, -0.2) is 4.79 Å². The van der Waals surface area contributed by atoms with Crippen molar-refractivity contribution in [2.24, 2.45) is 0 Å². The lowest BCUT2D eigenvalue weighted by molar-refractivity contribution is -0.384. The smallest absolute Gasteiger partial charge is 0.319 e. The molecule has 1 aromatic rings. The zero-order valence-corrected chi connectivity index (χ0v) is 9.40. The monoisotopic (exact) mass is 235 g/mol. The Labute approximate surface area is 98.2 Å². The second-order valence-corrected chi connectivity index (χ2v) is 4.13. The van der Waals surface area contributed by atoms with E-state index in [0.717, 1.165) is 12.8 Å². The van der Waals surface area contributed by atoms with Gasteiger partial charge in [0.15, 0.2) is 0 Å². The molecule has 2 rings (SSSR count). The van der Waals surface area contributed by atoms with Crippen LogP contribution in [0.4, 0.5) is 16.2 Å². The van der Waals surface area contributed by atoms with Crippen LogP contribution in [0.3, 0.4) is 0 Å². The molecule has 0 aromatic heterocycles. The maximum Gasteiger partial charge on any atom is 0.319 e. The number of urea groups is 1. The molecule has 0 aliphatic heterocycles. The predicted molar refractivity (Wildman–Crippen MR) is 63.0 cm³/mol. The molecule has 0 spiro atoms. The van der Waals surface area contributed by atoms with E-state index in [0.29, 0.717) is 11.3 Å². The van der Waals surface area contributed by atoms with E-state index in [4.69, 9.17) is 0 Å². The fourth-order valence-corrected chi connectivity index (χ4v) is 1.47. The molecule has 1 aliphatic carbocycles. The van der Waals surface area contributed by atoms with Gasteiger partial charge < -0.3 is 10.6 Å². The summed E-state index contributed by atoms with van der Waals surface area (Å²) >= 11 is 0. The van der Waals surface area contributed by atoms with Crippen molar-refractivity contribution in [3.63, 3.8) is 0 Å². The molecule has 0 bridgehead atoms. The Morgan fingerprint density at radius 1 is 1.47 bits per heavy atom. The van der Waals surface area contributed by atoms with Gasteiger partial charge in [0.05, 0.1) is 4.92 Å². The van der Waals surface area contributed by atoms with Gasteiger partial charge in [-0.1, -0.05) is 0 Å². The van der Waals surface area contributed by atoms with Crippen LogP contribution in [0.5, 0.6) is 0 Å². The quantitative estimate of drug-likeness (QED) is 0.622. The number of rotatable bonds is 3. The number of nitro benzene ring substituents is 1. The average Bonchev–Trinajstić information content (AvgIpc) is 3.04. The first kappa shape index (κ1) is 11.4. The summed E-state index contributed by atoms with van der Waals surface area (Å²) in [5, 5.41) is 16.0. The summed E-state index contributed by atoms with van der Waals surface area (Å²) in [7, 11) is 0. The Balaban J connectivity index is 2.04. The largest absolute Gasteiger partial charge is 0.335 e. The minimum absolute atomic E-state index is 0.0238. The Hall–Kier alpha value is -2.11. The van der Waals surface area contributed by atoms with Crippen LogP contribution in [0.1, 0.15) is 18.4 Å². The second kappa shape index (κ2) is 4.40. The third-order valence-corrected chi connectivity index (χ3v) is 2.58. The third-order valence-electron chi connectivity index (χ3n) is 2.58. The summed E-state index contributed by atoms with van der Waals surface area (Å²) < 4.78 is 0. The number of nitrogens with zero attached hydrogens (tertiary/aromatic N) is 1. The normalized spacial score (nSPS) is 14.2. The molecule has 2 amide bonds. The van der Waals surface area contributed by atoms with Crippen molar-refractivity contribution in [3.8, 4) is 0 Å². The number of non-ortho nitro benzene ring substituents is 1. The van der Waals surface area contributed by atoms with Crippen LogP contribution in [0.25, 0.3) is 0 Å². The van der Waals surface area contributed by atoms with Gasteiger partial charge in [-0.05, 0) is 31.4 Å². The van der Waals surface area contributed by atoms with Crippen molar-refractivity contribution in [2.75, 3.05) is 5.32 Å². The second-order valence-electron chi connectivity index (χ2n) is 4.13. The Bertz CT molecular complexity index is 469. The van der Waals surface area contributed by atoms with E-state index >= 15 is 0 Å². The van der Waals surface area contributed by atoms with Gasteiger partial charge in [0, 0.05) is 23.9 Å². The number of hydrogen-bond acceptors (Lipinski definition) is 3. The molecule has 17 heavy (non-hydrogen) atoms. The molecule has 1 aliphatic rings. The molecule has 90 valence electrons. The summed E-state index contributed by atoms with van der Waals surface area (Å²) in [4.78, 5) is 21.6. The molecule has 6 heteroatoms. The fraction of sp³-hybridized carbons (Fsp3) is 0.364. The lowest BCUT2D eigenvalue weighted by atomic mass is 10.2. The van der Waals surface area contributed by atoms with Crippen LogP contribution in [-0.4, -0.2) is 17.0 Å². The lowest BCUT2D eigenvalue weighted by Gasteiger charge is -2.08. The maximum atomic E-state index is 11.5. The van der Waals surface area contributed by atoms with Crippen molar-refractivity contribution < 1.29 is 9.72 Å². The van der Waals surface area contributed by atoms with Crippen LogP contribution in [0, 0.1) is 17.0 Å². The van der Waals surface area contributed by atoms with Crippen molar-refractivity contribution >= 4 is 17.4 Å². The Morgan fingerprint density at radius 2 is 2.18 bits per heavy atom. The maximum absolute atomic E-state index is 11.5. The van der Waals surface area contributed by atoms with E-state index in [9.17, 15) is 14.9 Å². The molecule has 0 saturated heterocycles. The van der Waals surface area contributed by atoms with Crippen LogP contribution < -0.4 is 10.6 Å². The molecule has 6 nitrogen and oxygen atoms in total. The van der Waals surface area contributed by atoms with E-state index in [1.165, 1.54) is 12.1 Å². The van der Waals surface area contributed by atoms with Gasteiger partial charge in [-0.15, -0.1) is 0 Å². The highest BCUT2D eigenvalue weighted by Crippen LogP contribution is 2.22. The van der Waals surface area contributed by atoms with Crippen molar-refractivity contribution in [2.45, 2.75) is 25.8 Å². The van der Waals surface area contributed by atoms with Crippen LogP contribution in [0.2, 0.25) is 0 Å². The highest BCUT2D eigenvalue weighted by atomic mass is 16.6. The van der Waals surface area contributed by atoms with Gasteiger partial charge in [0.2, 0.25) is 0 Å². The van der Waals surface area contributed by atoms with Crippen LogP contribution in [0.15, 0.2) is 18.2 Å². The Morgan fingerprint density at radius 3 is 2.71 bits per heavy atom. The van der Waals surface area contributed by atoms with Crippen molar-refractivity contribution in [1.82, 2.24) is 5.32 Å². The number of nitrogens with one attached hydrogen (secondary N) is 2. The van der Waals surface area contributed by atoms with E-state index in [1.54, 1.807) is 13.0 Å². The SMILES string of the molecule is Cc1cc([N+](=O)[O-])ccc1NC(=O)NC1CC1. The molecule has 0 heterocycles. The predicted octanol–water partition coefficient (Wildman–Crippen LogP) is 2.19. The number of carbonyl (C=O) groups excluding carboxylic acids is 1. The highest BCUT2D eigenvalue weighted by molar-refractivity contribution is 5.90. The first-order valence-electron chi connectivity index (χ1n) is 5.39. The third kappa shape index (κ3) is 2.93. The van der Waals surface area contributed by atoms with Crippen LogP contribution in [-0.2, 0) is 0 Å². The number of anilines is 1. The molecule has 0 unspecified atom stereocenters. The van der Waals surface area contributed by atoms with Gasteiger partial charge in [0.25, 0.3) is 5.69 Å². The molecular weight excluding hydrogens is 222 g/mol. The zero-order valence-electron chi connectivity index (χ0n) is 9.40. The van der Waals surface area contributed by atoms with Gasteiger partial charge in [-0.2, -0.15) is 0 Å². The van der Waals surface area contributed by atoms with Gasteiger partial charge in [0.1, 0.15) is 0 Å². The minimum atomic E-state index is -0.457. The molecule has 1 fully saturated rings. The average molecular weight is 235 g/mol. The highest BCUT2D eigenvalue weighted by Gasteiger charge is 2.23. The molecule has 0 radical (unpaired) electrons. The number of nitro groups is 1. The minimum Gasteiger partial charge on any atom is -0.335 e. The molecule has 1 aromatic carbocycles. The van der Waals surface area contributed by atoms with Gasteiger partial charge >= 0.3 is 6.03 Å². The number of amides is 2. The number of carbonyl (C=O) groups is 1. The summed E-state index contributed by atoms with van der Waals surface area (Å²) in [6, 6.07) is 4.38. The summed E-state index contributed by atoms with van der Waals surface area (Å²) in [6.07, 6.45) is 2.04. The summed E-state index contributed by atoms with van der Waals surface area (Å²) in [5.41, 5.74) is 1.29. The standard InChI is InChI=1S/C11H13N3O3/c1-7-6-9(14(16)17)4-5-10(7)13-11(15)12-8-2-3-8/h4-6,8H,2-3H2,1H3,(H2,12,13,15). The van der Waals surface area contributed by atoms with Gasteiger partial charge in [-0.3, -0.25) is 10.1 Å². The molecular formula is C11H13N3O3. The zero-order chi connectivity index (χ0) is 12.4. The molecule has 2 N–H and O–H groups in total. The van der Waals surface area contributed by atoms with Crippen LogP contribution >= 0.6 is 0 Å². The first-order chi connectivity index (χ1) is 8.06. The van der Waals surface area contributed by atoms with E-state index < -0.39 is 4.92 Å². The number of benzene rings is 1. The summed E-state index contributed by atoms with van der Waals surface area (Å²) in [6.45, 7) is 1.72. The van der Waals surface area contributed by atoms with E-state index in [-0.39, 0.29) is 17.8 Å². The van der Waals surface area contributed by atoms with E-state index in [1.807, 2.05) is 0 Å². The van der Waals surface area contributed by atoms with Crippen molar-refractivity contribution in [3.05, 3.63) is 33.9 Å². The molecule has 0 atom stereocenters. The van der Waals surface area contributed by atoms with E-state index in [2.05, 4.69) is 10.6 Å². The fourth-order valence-electron chi connectivity index (χ4n) is 1.47. The molecule has 1 saturated carbocycles. The van der Waals surface area contributed by atoms with Crippen molar-refractivity contribution in [1.29, 1.82) is 0 Å². The summed E-state index contributed by atoms with van der Waals surface area (Å²) in [5.74, 6) is 0. The first-order valence-corrected chi connectivity index (χ1v) is 5.39. The lowest BCUT2D eigenvalue weighted by Crippen LogP contribution is -2.30. The number of aryl methyl sites for hydroxylation is 1. The Kier molecular flexibility index (Phi) is 2.95.